The average Bonchev–Trinajstić information content (AvgIpc) is 2.15. The minimum Gasteiger partial charge on any atom is -0.313 e. The van der Waals surface area contributed by atoms with Crippen LogP contribution >= 0.6 is 0 Å². The minimum atomic E-state index is 0.616. The molecule has 1 aromatic rings. The van der Waals surface area contributed by atoms with Gasteiger partial charge in [0.15, 0.2) is 0 Å². The van der Waals surface area contributed by atoms with Crippen molar-refractivity contribution in [2.75, 3.05) is 6.54 Å². The van der Waals surface area contributed by atoms with Crippen molar-refractivity contribution in [1.29, 1.82) is 5.26 Å². The van der Waals surface area contributed by atoms with Crippen LogP contribution < -0.4 is 5.32 Å². The van der Waals surface area contributed by atoms with Crippen molar-refractivity contribution in [2.45, 2.75) is 13.5 Å². The molecule has 0 aromatic carbocycles. The predicted octanol–water partition coefficient (Wildman–Crippen LogP) is 1.06. The van der Waals surface area contributed by atoms with Gasteiger partial charge in [0.2, 0.25) is 0 Å². The molecule has 0 atom stereocenters. The molecule has 3 nitrogen and oxygen atoms in total. The van der Waals surface area contributed by atoms with Gasteiger partial charge in [-0.3, -0.25) is 4.98 Å². The maximum atomic E-state index is 8.58. The Labute approximate surface area is 72.1 Å². The minimum absolute atomic E-state index is 0.616. The third-order valence-corrected chi connectivity index (χ3v) is 1.50. The molecule has 12 heavy (non-hydrogen) atoms. The van der Waals surface area contributed by atoms with Gasteiger partial charge in [0.1, 0.15) is 6.07 Å². The molecular formula is C9H11N3. The van der Waals surface area contributed by atoms with Crippen LogP contribution in [0.4, 0.5) is 0 Å². The average molecular weight is 161 g/mol. The van der Waals surface area contributed by atoms with E-state index in [1.54, 1.807) is 12.4 Å². The van der Waals surface area contributed by atoms with Crippen LogP contribution in [0, 0.1) is 11.3 Å². The van der Waals surface area contributed by atoms with E-state index in [1.165, 1.54) is 0 Å². The number of nitrogens with zero attached hydrogens (tertiary/aromatic N) is 2. The van der Waals surface area contributed by atoms with E-state index in [2.05, 4.69) is 16.4 Å². The van der Waals surface area contributed by atoms with Gasteiger partial charge < -0.3 is 5.32 Å². The molecular weight excluding hydrogens is 150 g/mol. The molecule has 0 bridgehead atoms. The highest BCUT2D eigenvalue weighted by molar-refractivity contribution is 5.28. The third kappa shape index (κ3) is 2.33. The van der Waals surface area contributed by atoms with Crippen LogP contribution in [0.2, 0.25) is 0 Å². The van der Waals surface area contributed by atoms with E-state index in [-0.39, 0.29) is 0 Å². The van der Waals surface area contributed by atoms with Gasteiger partial charge in [-0.05, 0) is 18.2 Å². The van der Waals surface area contributed by atoms with Crippen molar-refractivity contribution >= 4 is 0 Å². The van der Waals surface area contributed by atoms with E-state index in [1.807, 2.05) is 13.0 Å². The molecule has 0 amide bonds. The van der Waals surface area contributed by atoms with Crippen LogP contribution in [-0.4, -0.2) is 11.5 Å². The van der Waals surface area contributed by atoms with Gasteiger partial charge in [-0.15, -0.1) is 0 Å². The highest BCUT2D eigenvalue weighted by Crippen LogP contribution is 2.00. The maximum Gasteiger partial charge on any atom is 0.101 e. The predicted molar refractivity (Wildman–Crippen MR) is 46.3 cm³/mol. The summed E-state index contributed by atoms with van der Waals surface area (Å²) in [5.41, 5.74) is 1.67. The molecule has 0 unspecified atom stereocenters. The van der Waals surface area contributed by atoms with Gasteiger partial charge >= 0.3 is 0 Å². The summed E-state index contributed by atoms with van der Waals surface area (Å²) in [7, 11) is 0. The fourth-order valence-corrected chi connectivity index (χ4v) is 0.915. The number of nitriles is 1. The van der Waals surface area contributed by atoms with E-state index in [4.69, 9.17) is 5.26 Å². The number of pyridine rings is 1. The fourth-order valence-electron chi connectivity index (χ4n) is 0.915. The van der Waals surface area contributed by atoms with E-state index in [0.717, 1.165) is 18.7 Å². The lowest BCUT2D eigenvalue weighted by Crippen LogP contribution is -2.11. The summed E-state index contributed by atoms with van der Waals surface area (Å²) in [5.74, 6) is 0. The molecule has 0 saturated carbocycles. The molecule has 62 valence electrons. The largest absolute Gasteiger partial charge is 0.313 e. The van der Waals surface area contributed by atoms with Gasteiger partial charge in [-0.2, -0.15) is 5.26 Å². The lowest BCUT2D eigenvalue weighted by Gasteiger charge is -2.00. The summed E-state index contributed by atoms with van der Waals surface area (Å²) in [6.45, 7) is 3.75. The smallest absolute Gasteiger partial charge is 0.101 e. The SMILES string of the molecule is CCNCc1cncc(C#N)c1. The van der Waals surface area contributed by atoms with Gasteiger partial charge in [0.25, 0.3) is 0 Å². The maximum absolute atomic E-state index is 8.58. The first-order valence-electron chi connectivity index (χ1n) is 3.91. The Bertz CT molecular complexity index is 288. The second kappa shape index (κ2) is 4.47. The molecule has 1 rings (SSSR count). The van der Waals surface area contributed by atoms with Crippen molar-refractivity contribution in [1.82, 2.24) is 10.3 Å². The molecule has 3 heteroatoms. The summed E-state index contributed by atoms with van der Waals surface area (Å²) >= 11 is 0. The topological polar surface area (TPSA) is 48.7 Å². The van der Waals surface area contributed by atoms with Gasteiger partial charge in [0.05, 0.1) is 5.56 Å². The lowest BCUT2D eigenvalue weighted by atomic mass is 10.2. The first-order valence-corrected chi connectivity index (χ1v) is 3.91. The Kier molecular flexibility index (Phi) is 3.24. The van der Waals surface area contributed by atoms with Crippen molar-refractivity contribution in [2.24, 2.45) is 0 Å². The Morgan fingerprint density at radius 3 is 3.08 bits per heavy atom. The fraction of sp³-hybridized carbons (Fsp3) is 0.333. The zero-order valence-electron chi connectivity index (χ0n) is 7.04. The van der Waals surface area contributed by atoms with E-state index in [9.17, 15) is 0 Å². The third-order valence-electron chi connectivity index (χ3n) is 1.50. The first-order chi connectivity index (χ1) is 5.86. The molecule has 0 radical (unpaired) electrons. The van der Waals surface area contributed by atoms with Crippen LogP contribution in [0.15, 0.2) is 18.5 Å². The molecule has 1 N–H and O–H groups in total. The zero-order valence-corrected chi connectivity index (χ0v) is 7.04. The second-order valence-electron chi connectivity index (χ2n) is 2.47. The summed E-state index contributed by atoms with van der Waals surface area (Å²) in [6, 6.07) is 3.90. The van der Waals surface area contributed by atoms with E-state index < -0.39 is 0 Å². The normalized spacial score (nSPS) is 9.33. The number of rotatable bonds is 3. The highest BCUT2D eigenvalue weighted by atomic mass is 14.8. The monoisotopic (exact) mass is 161 g/mol. The van der Waals surface area contributed by atoms with Crippen molar-refractivity contribution in [3.63, 3.8) is 0 Å². The van der Waals surface area contributed by atoms with Crippen LogP contribution in [0.3, 0.4) is 0 Å². The summed E-state index contributed by atoms with van der Waals surface area (Å²) in [5, 5.41) is 11.7. The lowest BCUT2D eigenvalue weighted by molar-refractivity contribution is 0.724. The van der Waals surface area contributed by atoms with Crippen molar-refractivity contribution < 1.29 is 0 Å². The van der Waals surface area contributed by atoms with Crippen LogP contribution in [0.1, 0.15) is 18.1 Å². The number of hydrogen-bond donors (Lipinski definition) is 1. The Balaban J connectivity index is 2.68. The number of hydrogen-bond acceptors (Lipinski definition) is 3. The Morgan fingerprint density at radius 1 is 1.58 bits per heavy atom. The van der Waals surface area contributed by atoms with E-state index in [0.29, 0.717) is 5.56 Å². The molecule has 1 heterocycles. The quantitative estimate of drug-likeness (QED) is 0.721. The van der Waals surface area contributed by atoms with Crippen LogP contribution in [-0.2, 0) is 6.54 Å². The van der Waals surface area contributed by atoms with Gasteiger partial charge in [0, 0.05) is 18.9 Å². The van der Waals surface area contributed by atoms with E-state index >= 15 is 0 Å². The summed E-state index contributed by atoms with van der Waals surface area (Å²) in [4.78, 5) is 3.95. The zero-order chi connectivity index (χ0) is 8.81. The molecule has 0 spiro atoms. The Hall–Kier alpha value is -1.40. The number of aromatic nitrogens is 1. The van der Waals surface area contributed by atoms with Crippen molar-refractivity contribution in [3.05, 3.63) is 29.6 Å². The summed E-state index contributed by atoms with van der Waals surface area (Å²) in [6.07, 6.45) is 3.33. The molecule has 0 aliphatic carbocycles. The summed E-state index contributed by atoms with van der Waals surface area (Å²) < 4.78 is 0. The van der Waals surface area contributed by atoms with Crippen LogP contribution in [0.5, 0.6) is 0 Å². The highest BCUT2D eigenvalue weighted by Gasteiger charge is 1.93. The van der Waals surface area contributed by atoms with Crippen molar-refractivity contribution in [3.8, 4) is 6.07 Å². The standard InChI is InChI=1S/C9H11N3/c1-2-11-6-9-3-8(4-10)5-12-7-9/h3,5,7,11H,2,6H2,1H3. The molecule has 0 aliphatic rings. The van der Waals surface area contributed by atoms with Gasteiger partial charge in [-0.25, -0.2) is 0 Å². The molecule has 1 aromatic heterocycles. The molecule has 0 fully saturated rings. The first kappa shape index (κ1) is 8.69. The Morgan fingerprint density at radius 2 is 2.42 bits per heavy atom. The molecule has 0 saturated heterocycles. The molecule has 0 aliphatic heterocycles. The van der Waals surface area contributed by atoms with Gasteiger partial charge in [-0.1, -0.05) is 6.92 Å². The second-order valence-corrected chi connectivity index (χ2v) is 2.47. The number of nitrogens with one attached hydrogen (secondary N) is 1. The van der Waals surface area contributed by atoms with Crippen LogP contribution in [0.25, 0.3) is 0 Å².